The zero-order valence-corrected chi connectivity index (χ0v) is 26.7. The minimum Gasteiger partial charge on any atom is -0.316 e. The molecule has 0 saturated carbocycles. The fourth-order valence-corrected chi connectivity index (χ4v) is 6.74. The summed E-state index contributed by atoms with van der Waals surface area (Å²) in [4.78, 5) is 13.6. The molecule has 1 heterocycles. The van der Waals surface area contributed by atoms with Crippen molar-refractivity contribution < 1.29 is 13.2 Å². The summed E-state index contributed by atoms with van der Waals surface area (Å²) in [6, 6.07) is 29.6. The molecule has 5 rings (SSSR count). The Morgan fingerprint density at radius 3 is 2.25 bits per heavy atom. The molecule has 44 heavy (non-hydrogen) atoms. The summed E-state index contributed by atoms with van der Waals surface area (Å²) < 4.78 is 31.3. The number of amides is 1. The number of benzene rings is 4. The average molecular weight is 646 g/mol. The second-order valence-electron chi connectivity index (χ2n) is 10.3. The van der Waals surface area contributed by atoms with Crippen LogP contribution in [0.25, 0.3) is 5.69 Å². The molecule has 0 unspecified atom stereocenters. The lowest BCUT2D eigenvalue weighted by Crippen LogP contribution is -2.33. The summed E-state index contributed by atoms with van der Waals surface area (Å²) in [7, 11) is -4.07. The van der Waals surface area contributed by atoms with Gasteiger partial charge in [0.1, 0.15) is 0 Å². The van der Waals surface area contributed by atoms with E-state index < -0.39 is 15.9 Å². The summed E-state index contributed by atoms with van der Waals surface area (Å²) in [6.07, 6.45) is 1.56. The number of halogens is 2. The van der Waals surface area contributed by atoms with Crippen molar-refractivity contribution in [3.63, 3.8) is 0 Å². The molecule has 0 atom stereocenters. The molecule has 0 aliphatic rings. The van der Waals surface area contributed by atoms with E-state index in [9.17, 15) is 13.2 Å². The summed E-state index contributed by atoms with van der Waals surface area (Å²) in [6.45, 7) is 5.77. The molecule has 0 bridgehead atoms. The van der Waals surface area contributed by atoms with E-state index in [2.05, 4.69) is 10.5 Å². The normalized spacial score (nSPS) is 11.6. The van der Waals surface area contributed by atoms with Crippen LogP contribution in [0, 0.1) is 20.8 Å². The lowest BCUT2D eigenvalue weighted by Gasteiger charge is -2.26. The van der Waals surface area contributed by atoms with Crippen LogP contribution in [-0.2, 0) is 16.6 Å². The molecule has 0 spiro atoms. The van der Waals surface area contributed by atoms with Gasteiger partial charge >= 0.3 is 0 Å². The van der Waals surface area contributed by atoms with E-state index in [1.807, 2.05) is 55.7 Å². The number of sulfonamides is 1. The molecule has 4 aromatic carbocycles. The number of hydrazone groups is 1. The summed E-state index contributed by atoms with van der Waals surface area (Å²) in [5, 5.41) is 5.37. The van der Waals surface area contributed by atoms with Crippen molar-refractivity contribution in [2.45, 2.75) is 32.2 Å². The van der Waals surface area contributed by atoms with Crippen molar-refractivity contribution in [1.82, 2.24) is 9.99 Å². The minimum atomic E-state index is -4.07. The minimum absolute atomic E-state index is 0.0189. The predicted octanol–water partition coefficient (Wildman–Crippen LogP) is 7.87. The van der Waals surface area contributed by atoms with Crippen molar-refractivity contribution >= 4 is 51.0 Å². The molecule has 1 N–H and O–H groups in total. The van der Waals surface area contributed by atoms with E-state index in [0.717, 1.165) is 28.2 Å². The van der Waals surface area contributed by atoms with E-state index in [4.69, 9.17) is 23.2 Å². The number of para-hydroxylation sites is 2. The van der Waals surface area contributed by atoms with Crippen LogP contribution in [0.3, 0.4) is 0 Å². The number of nitrogens with zero attached hydrogens (tertiary/aromatic N) is 3. The Morgan fingerprint density at radius 1 is 0.886 bits per heavy atom. The quantitative estimate of drug-likeness (QED) is 0.131. The van der Waals surface area contributed by atoms with Gasteiger partial charge < -0.3 is 4.57 Å². The highest BCUT2D eigenvalue weighted by molar-refractivity contribution is 7.92. The van der Waals surface area contributed by atoms with Crippen LogP contribution in [0.2, 0.25) is 10.0 Å². The Bertz CT molecular complexity index is 1950. The highest BCUT2D eigenvalue weighted by atomic mass is 35.5. The third-order valence-electron chi connectivity index (χ3n) is 7.20. The first-order chi connectivity index (χ1) is 21.1. The first-order valence-electron chi connectivity index (χ1n) is 13.8. The molecule has 10 heteroatoms. The highest BCUT2D eigenvalue weighted by Crippen LogP contribution is 2.30. The Morgan fingerprint density at radius 2 is 1.55 bits per heavy atom. The molecule has 1 amide bonds. The standard InChI is InChI=1S/C34H30Cl2N4O3S/c1-23-12-18-29(19-13-23)44(42,43)39(22-26-14-16-28(35)17-15-26)32-10-6-4-8-30(32)34(41)38-37-21-27-20-24(2)40(25(27)3)33-11-7-5-9-31(33)36/h4-21H,22H2,1-3H3,(H,38,41)/b37-21-. The van der Waals surface area contributed by atoms with Gasteiger partial charge in [-0.25, -0.2) is 13.8 Å². The fourth-order valence-electron chi connectivity index (χ4n) is 4.92. The SMILES string of the molecule is Cc1ccc(S(=O)(=O)N(Cc2ccc(Cl)cc2)c2ccccc2C(=O)N/N=C\c2cc(C)n(-c3ccccc3Cl)c2C)cc1. The maximum atomic E-state index is 14.0. The number of nitrogens with one attached hydrogen (secondary N) is 1. The van der Waals surface area contributed by atoms with Gasteiger partial charge in [-0.3, -0.25) is 9.10 Å². The van der Waals surface area contributed by atoms with E-state index in [0.29, 0.717) is 15.6 Å². The number of hydrogen-bond donors (Lipinski definition) is 1. The number of aryl methyl sites for hydroxylation is 2. The lowest BCUT2D eigenvalue weighted by atomic mass is 10.1. The topological polar surface area (TPSA) is 83.8 Å². The largest absolute Gasteiger partial charge is 0.316 e. The first-order valence-corrected chi connectivity index (χ1v) is 16.0. The van der Waals surface area contributed by atoms with E-state index in [1.165, 1.54) is 4.31 Å². The van der Waals surface area contributed by atoms with Gasteiger partial charge in [-0.05, 0) is 80.9 Å². The maximum absolute atomic E-state index is 14.0. The summed E-state index contributed by atoms with van der Waals surface area (Å²) >= 11 is 12.5. The molecule has 1 aromatic heterocycles. The van der Waals surface area contributed by atoms with Gasteiger partial charge in [0.05, 0.1) is 39.6 Å². The van der Waals surface area contributed by atoms with Crippen LogP contribution < -0.4 is 9.73 Å². The smallest absolute Gasteiger partial charge is 0.273 e. The molecule has 7 nitrogen and oxygen atoms in total. The van der Waals surface area contributed by atoms with Gasteiger partial charge in [0, 0.05) is 22.0 Å². The third kappa shape index (κ3) is 6.58. The van der Waals surface area contributed by atoms with E-state index in [1.54, 1.807) is 79.0 Å². The Balaban J connectivity index is 1.47. The molecule has 0 radical (unpaired) electrons. The van der Waals surface area contributed by atoms with Crippen LogP contribution >= 0.6 is 23.2 Å². The second-order valence-corrected chi connectivity index (χ2v) is 13.0. The molecular weight excluding hydrogens is 615 g/mol. The molecular formula is C34H30Cl2N4O3S. The van der Waals surface area contributed by atoms with Gasteiger partial charge in [-0.2, -0.15) is 5.10 Å². The predicted molar refractivity (Wildman–Crippen MR) is 178 cm³/mol. The van der Waals surface area contributed by atoms with Crippen LogP contribution in [0.1, 0.15) is 38.4 Å². The third-order valence-corrected chi connectivity index (χ3v) is 9.54. The van der Waals surface area contributed by atoms with Crippen molar-refractivity contribution in [2.75, 3.05) is 4.31 Å². The number of hydrogen-bond acceptors (Lipinski definition) is 4. The maximum Gasteiger partial charge on any atom is 0.273 e. The Hall–Kier alpha value is -4.37. The monoisotopic (exact) mass is 644 g/mol. The van der Waals surface area contributed by atoms with Crippen LogP contribution in [-0.4, -0.2) is 25.1 Å². The number of carbonyl (C=O) groups excluding carboxylic acids is 1. The lowest BCUT2D eigenvalue weighted by molar-refractivity contribution is 0.0955. The number of anilines is 1. The number of rotatable bonds is 9. The Labute approximate surface area is 267 Å². The number of aromatic nitrogens is 1. The molecule has 0 saturated heterocycles. The van der Waals surface area contributed by atoms with Gasteiger partial charge in [0.2, 0.25) is 0 Å². The van der Waals surface area contributed by atoms with Crippen molar-refractivity contribution in [1.29, 1.82) is 0 Å². The molecule has 0 aliphatic heterocycles. The van der Waals surface area contributed by atoms with Gasteiger partial charge in [0.15, 0.2) is 0 Å². The second kappa shape index (κ2) is 13.1. The summed E-state index contributed by atoms with van der Waals surface area (Å²) in [5.74, 6) is -0.558. The van der Waals surface area contributed by atoms with Crippen molar-refractivity contribution in [2.24, 2.45) is 5.10 Å². The van der Waals surface area contributed by atoms with Gasteiger partial charge in [-0.1, -0.05) is 77.3 Å². The van der Waals surface area contributed by atoms with Crippen LogP contribution in [0.5, 0.6) is 0 Å². The first kappa shape index (κ1) is 31.1. The highest BCUT2D eigenvalue weighted by Gasteiger charge is 2.28. The molecule has 224 valence electrons. The molecule has 5 aromatic rings. The van der Waals surface area contributed by atoms with Gasteiger partial charge in [0.25, 0.3) is 15.9 Å². The summed E-state index contributed by atoms with van der Waals surface area (Å²) in [5.41, 5.74) is 8.06. The van der Waals surface area contributed by atoms with E-state index in [-0.39, 0.29) is 22.7 Å². The van der Waals surface area contributed by atoms with Crippen LogP contribution in [0.15, 0.2) is 113 Å². The fraction of sp³-hybridized carbons (Fsp3) is 0.118. The van der Waals surface area contributed by atoms with Crippen LogP contribution in [0.4, 0.5) is 5.69 Å². The Kier molecular flexibility index (Phi) is 9.25. The average Bonchev–Trinajstić information content (AvgIpc) is 3.29. The van der Waals surface area contributed by atoms with Crippen molar-refractivity contribution in [3.8, 4) is 5.69 Å². The molecule has 0 fully saturated rings. The zero-order valence-electron chi connectivity index (χ0n) is 24.3. The van der Waals surface area contributed by atoms with Crippen molar-refractivity contribution in [3.05, 3.63) is 147 Å². The van der Waals surface area contributed by atoms with Gasteiger partial charge in [-0.15, -0.1) is 0 Å². The van der Waals surface area contributed by atoms with E-state index >= 15 is 0 Å². The molecule has 0 aliphatic carbocycles. The zero-order chi connectivity index (χ0) is 31.4. The number of carbonyl (C=O) groups is 1.